The van der Waals surface area contributed by atoms with Crippen molar-refractivity contribution in [3.8, 4) is 6.07 Å². The van der Waals surface area contributed by atoms with Crippen LogP contribution in [0.3, 0.4) is 0 Å². The van der Waals surface area contributed by atoms with Crippen LogP contribution in [0.1, 0.15) is 34.9 Å². The Kier molecular flexibility index (Phi) is 5.87. The summed E-state index contributed by atoms with van der Waals surface area (Å²) in [7, 11) is 0. The van der Waals surface area contributed by atoms with Crippen LogP contribution in [0.15, 0.2) is 47.5 Å². The van der Waals surface area contributed by atoms with E-state index < -0.39 is 6.43 Å². The molecule has 0 saturated heterocycles. The van der Waals surface area contributed by atoms with Gasteiger partial charge in [0.15, 0.2) is 0 Å². The van der Waals surface area contributed by atoms with Crippen LogP contribution in [0.25, 0.3) is 0 Å². The summed E-state index contributed by atoms with van der Waals surface area (Å²) in [5, 5.41) is 9.44. The molecule has 0 aliphatic carbocycles. The van der Waals surface area contributed by atoms with E-state index in [-0.39, 0.29) is 10.9 Å². The van der Waals surface area contributed by atoms with Crippen LogP contribution >= 0.6 is 11.8 Å². The fraction of sp³-hybridized carbons (Fsp3) is 0.250. The predicted octanol–water partition coefficient (Wildman–Crippen LogP) is 4.07. The SMILES string of the molecule is N#Cc1ccc(C(F)F)nc1S[C@H](CCN)c1ccccc1. The fourth-order valence-corrected chi connectivity index (χ4v) is 3.21. The minimum absolute atomic E-state index is 0.0290. The van der Waals surface area contributed by atoms with Crippen molar-refractivity contribution in [2.45, 2.75) is 23.1 Å². The zero-order chi connectivity index (χ0) is 15.9. The summed E-state index contributed by atoms with van der Waals surface area (Å²) in [6, 6.07) is 14.2. The molecule has 0 saturated carbocycles. The van der Waals surface area contributed by atoms with E-state index in [2.05, 4.69) is 4.98 Å². The average molecular weight is 319 g/mol. The molecule has 1 aromatic carbocycles. The lowest BCUT2D eigenvalue weighted by Gasteiger charge is -2.16. The second-order valence-corrected chi connectivity index (χ2v) is 5.79. The topological polar surface area (TPSA) is 62.7 Å². The number of nitrogens with two attached hydrogens (primary N) is 1. The van der Waals surface area contributed by atoms with Gasteiger partial charge in [-0.1, -0.05) is 42.1 Å². The van der Waals surface area contributed by atoms with Gasteiger partial charge in [0.05, 0.1) is 5.56 Å². The molecule has 2 rings (SSSR count). The molecule has 1 atom stereocenters. The highest BCUT2D eigenvalue weighted by molar-refractivity contribution is 7.99. The first-order valence-electron chi connectivity index (χ1n) is 6.76. The first-order valence-corrected chi connectivity index (χ1v) is 7.64. The third-order valence-electron chi connectivity index (χ3n) is 3.08. The van der Waals surface area contributed by atoms with E-state index in [4.69, 9.17) is 11.0 Å². The maximum Gasteiger partial charge on any atom is 0.280 e. The quantitative estimate of drug-likeness (QED) is 0.815. The Morgan fingerprint density at radius 1 is 1.18 bits per heavy atom. The number of nitriles is 1. The molecular formula is C16H15F2N3S. The van der Waals surface area contributed by atoms with E-state index in [1.165, 1.54) is 23.9 Å². The van der Waals surface area contributed by atoms with Crippen molar-refractivity contribution in [2.75, 3.05) is 6.54 Å². The second-order valence-electron chi connectivity index (χ2n) is 4.60. The molecule has 1 aromatic heterocycles. The zero-order valence-electron chi connectivity index (χ0n) is 11.7. The molecule has 0 aliphatic heterocycles. The van der Waals surface area contributed by atoms with Crippen LogP contribution in [0.5, 0.6) is 0 Å². The monoisotopic (exact) mass is 319 g/mol. The van der Waals surface area contributed by atoms with Crippen molar-refractivity contribution in [3.63, 3.8) is 0 Å². The van der Waals surface area contributed by atoms with E-state index in [1.807, 2.05) is 36.4 Å². The second kappa shape index (κ2) is 7.87. The minimum atomic E-state index is -2.66. The minimum Gasteiger partial charge on any atom is -0.330 e. The molecule has 0 amide bonds. The third kappa shape index (κ3) is 4.03. The lowest BCUT2D eigenvalue weighted by molar-refractivity contribution is 0.145. The van der Waals surface area contributed by atoms with Gasteiger partial charge in [-0.3, -0.25) is 0 Å². The number of thioether (sulfide) groups is 1. The van der Waals surface area contributed by atoms with Crippen molar-refractivity contribution in [3.05, 3.63) is 59.3 Å². The van der Waals surface area contributed by atoms with Gasteiger partial charge in [-0.2, -0.15) is 5.26 Å². The molecular weight excluding hydrogens is 304 g/mol. The molecule has 1 heterocycles. The Labute approximate surface area is 132 Å². The van der Waals surface area contributed by atoms with Crippen LogP contribution < -0.4 is 5.73 Å². The van der Waals surface area contributed by atoms with Crippen molar-refractivity contribution >= 4 is 11.8 Å². The number of hydrogen-bond donors (Lipinski definition) is 1. The van der Waals surface area contributed by atoms with Gasteiger partial charge < -0.3 is 5.73 Å². The van der Waals surface area contributed by atoms with Crippen molar-refractivity contribution in [2.24, 2.45) is 5.73 Å². The van der Waals surface area contributed by atoms with E-state index in [1.54, 1.807) is 0 Å². The maximum atomic E-state index is 12.8. The Hall–Kier alpha value is -1.97. The summed E-state index contributed by atoms with van der Waals surface area (Å²) in [6.45, 7) is 0.461. The molecule has 114 valence electrons. The summed E-state index contributed by atoms with van der Waals surface area (Å²) in [5.74, 6) is 0. The molecule has 0 aliphatic rings. The molecule has 0 spiro atoms. The number of pyridine rings is 1. The van der Waals surface area contributed by atoms with Crippen molar-refractivity contribution in [1.29, 1.82) is 5.26 Å². The molecule has 2 N–H and O–H groups in total. The maximum absolute atomic E-state index is 12.8. The summed E-state index contributed by atoms with van der Waals surface area (Å²) < 4.78 is 25.6. The highest BCUT2D eigenvalue weighted by Crippen LogP contribution is 2.38. The number of hydrogen-bond acceptors (Lipinski definition) is 4. The largest absolute Gasteiger partial charge is 0.330 e. The van der Waals surface area contributed by atoms with E-state index in [9.17, 15) is 8.78 Å². The number of aromatic nitrogens is 1. The van der Waals surface area contributed by atoms with Gasteiger partial charge in [0.2, 0.25) is 0 Å². The average Bonchev–Trinajstić information content (AvgIpc) is 2.55. The van der Waals surface area contributed by atoms with Crippen LogP contribution in [0.2, 0.25) is 0 Å². The predicted molar refractivity (Wildman–Crippen MR) is 82.6 cm³/mol. The molecule has 0 unspecified atom stereocenters. The molecule has 3 nitrogen and oxygen atoms in total. The van der Waals surface area contributed by atoms with Gasteiger partial charge in [0.1, 0.15) is 16.8 Å². The molecule has 0 fully saturated rings. The lowest BCUT2D eigenvalue weighted by atomic mass is 10.1. The Balaban J connectivity index is 2.33. The van der Waals surface area contributed by atoms with Gasteiger partial charge in [-0.05, 0) is 30.7 Å². The van der Waals surface area contributed by atoms with Gasteiger partial charge in [0, 0.05) is 5.25 Å². The van der Waals surface area contributed by atoms with Crippen LogP contribution in [0.4, 0.5) is 8.78 Å². The highest BCUT2D eigenvalue weighted by atomic mass is 32.2. The van der Waals surface area contributed by atoms with Crippen LogP contribution in [-0.2, 0) is 0 Å². The standard InChI is InChI=1S/C16H15F2N3S/c17-15(18)13-7-6-12(10-20)16(21-13)22-14(8-9-19)11-4-2-1-3-5-11/h1-7,14-15H,8-9,19H2/t14-/m1/s1. The molecule has 22 heavy (non-hydrogen) atoms. The lowest BCUT2D eigenvalue weighted by Crippen LogP contribution is -2.06. The molecule has 0 bridgehead atoms. The Bertz CT molecular complexity index is 656. The number of alkyl halides is 2. The summed E-state index contributed by atoms with van der Waals surface area (Å²) in [5.41, 5.74) is 6.66. The Morgan fingerprint density at radius 3 is 2.50 bits per heavy atom. The zero-order valence-corrected chi connectivity index (χ0v) is 12.6. The van der Waals surface area contributed by atoms with Gasteiger partial charge in [-0.15, -0.1) is 0 Å². The normalized spacial score (nSPS) is 12.1. The van der Waals surface area contributed by atoms with Crippen LogP contribution in [-0.4, -0.2) is 11.5 Å². The van der Waals surface area contributed by atoms with Gasteiger partial charge >= 0.3 is 0 Å². The number of nitrogens with zero attached hydrogens (tertiary/aromatic N) is 2. The van der Waals surface area contributed by atoms with Crippen LogP contribution in [0, 0.1) is 11.3 Å². The number of benzene rings is 1. The van der Waals surface area contributed by atoms with Crippen molar-refractivity contribution in [1.82, 2.24) is 4.98 Å². The fourth-order valence-electron chi connectivity index (χ4n) is 2.00. The number of halogens is 2. The van der Waals surface area contributed by atoms with Gasteiger partial charge in [0.25, 0.3) is 6.43 Å². The summed E-state index contributed by atoms with van der Waals surface area (Å²) in [4.78, 5) is 3.94. The molecule has 6 heteroatoms. The highest BCUT2D eigenvalue weighted by Gasteiger charge is 2.18. The summed E-state index contributed by atoms with van der Waals surface area (Å²) in [6.07, 6.45) is -1.99. The number of rotatable bonds is 6. The van der Waals surface area contributed by atoms with Crippen molar-refractivity contribution < 1.29 is 8.78 Å². The third-order valence-corrected chi connectivity index (χ3v) is 4.41. The first kappa shape index (κ1) is 16.4. The summed E-state index contributed by atoms with van der Waals surface area (Å²) >= 11 is 1.30. The molecule has 0 radical (unpaired) electrons. The molecule has 2 aromatic rings. The van der Waals surface area contributed by atoms with Gasteiger partial charge in [-0.25, -0.2) is 13.8 Å². The smallest absolute Gasteiger partial charge is 0.280 e. The Morgan fingerprint density at radius 2 is 1.91 bits per heavy atom. The van der Waals surface area contributed by atoms with E-state index >= 15 is 0 Å². The van der Waals surface area contributed by atoms with E-state index in [0.29, 0.717) is 23.6 Å². The first-order chi connectivity index (χ1) is 10.7. The van der Waals surface area contributed by atoms with E-state index in [0.717, 1.165) is 5.56 Å².